The minimum atomic E-state index is -3.64. The Hall–Kier alpha value is -2.83. The molecule has 1 fully saturated rings. The second-order valence-electron chi connectivity index (χ2n) is 7.33. The maximum absolute atomic E-state index is 13.0. The van der Waals surface area contributed by atoms with Gasteiger partial charge in [0.15, 0.2) is 5.11 Å². The molecule has 1 aliphatic heterocycles. The van der Waals surface area contributed by atoms with E-state index < -0.39 is 16.0 Å². The number of nitrogens with zero attached hydrogens (tertiary/aromatic N) is 1. The monoisotopic (exact) mass is 517 g/mol. The van der Waals surface area contributed by atoms with E-state index in [1.165, 1.54) is 28.8 Å². The Morgan fingerprint density at radius 3 is 2.50 bits per heavy atom. The average molecular weight is 518 g/mol. The van der Waals surface area contributed by atoms with E-state index in [4.69, 9.17) is 21.7 Å². The molecule has 178 valence electrons. The van der Waals surface area contributed by atoms with Crippen LogP contribution in [0.15, 0.2) is 65.6 Å². The van der Waals surface area contributed by atoms with Crippen LogP contribution in [0.25, 0.3) is 10.4 Å². The zero-order valence-electron chi connectivity index (χ0n) is 18.3. The van der Waals surface area contributed by atoms with E-state index in [1.807, 2.05) is 30.3 Å². The highest BCUT2D eigenvalue weighted by Crippen LogP contribution is 2.36. The third-order valence-corrected chi connectivity index (χ3v) is 8.32. The van der Waals surface area contributed by atoms with Gasteiger partial charge < -0.3 is 20.1 Å². The van der Waals surface area contributed by atoms with Gasteiger partial charge in [0, 0.05) is 23.7 Å². The lowest BCUT2D eigenvalue weighted by atomic mass is 10.1. The molecule has 2 aromatic carbocycles. The number of carbonyl (C=O) groups is 1. The van der Waals surface area contributed by atoms with Crippen LogP contribution in [0.4, 0.5) is 10.7 Å². The number of rotatable bonds is 6. The Balaban J connectivity index is 1.52. The number of hydrogen-bond donors (Lipinski definition) is 2. The number of ether oxygens (including phenoxy) is 2. The first-order valence-corrected chi connectivity index (χ1v) is 13.1. The summed E-state index contributed by atoms with van der Waals surface area (Å²) < 4.78 is 37.5. The Bertz CT molecular complexity index is 1290. The smallest absolute Gasteiger partial charge is 0.340 e. The highest BCUT2D eigenvalue weighted by Gasteiger charge is 2.26. The Morgan fingerprint density at radius 1 is 1.06 bits per heavy atom. The first-order valence-electron chi connectivity index (χ1n) is 10.4. The van der Waals surface area contributed by atoms with Gasteiger partial charge in [-0.2, -0.15) is 4.31 Å². The van der Waals surface area contributed by atoms with E-state index >= 15 is 0 Å². The lowest BCUT2D eigenvalue weighted by Crippen LogP contribution is -2.40. The number of esters is 1. The van der Waals surface area contributed by atoms with Crippen LogP contribution in [0, 0.1) is 0 Å². The SMILES string of the molecule is COC(=O)c1cc(-c2ccccc2)sc1NC(=S)Nc1cccc(S(=O)(=O)N2CCOCC2)c1. The van der Waals surface area contributed by atoms with Gasteiger partial charge in [0.25, 0.3) is 0 Å². The van der Waals surface area contributed by atoms with Gasteiger partial charge in [-0.3, -0.25) is 0 Å². The largest absolute Gasteiger partial charge is 0.465 e. The first kappa shape index (κ1) is 24.3. The second kappa shape index (κ2) is 10.6. The molecule has 3 aromatic rings. The van der Waals surface area contributed by atoms with Crippen molar-refractivity contribution in [3.8, 4) is 10.4 Å². The van der Waals surface area contributed by atoms with Crippen molar-refractivity contribution < 1.29 is 22.7 Å². The van der Waals surface area contributed by atoms with Crippen molar-refractivity contribution in [2.24, 2.45) is 0 Å². The molecule has 34 heavy (non-hydrogen) atoms. The highest BCUT2D eigenvalue weighted by molar-refractivity contribution is 7.89. The zero-order valence-corrected chi connectivity index (χ0v) is 20.8. The summed E-state index contributed by atoms with van der Waals surface area (Å²) in [7, 11) is -2.31. The number of thiocarbonyl (C=S) groups is 1. The molecule has 0 radical (unpaired) electrons. The number of anilines is 2. The summed E-state index contributed by atoms with van der Waals surface area (Å²) in [5, 5.41) is 6.80. The van der Waals surface area contributed by atoms with E-state index in [0.717, 1.165) is 10.4 Å². The first-order chi connectivity index (χ1) is 16.4. The molecule has 0 aliphatic carbocycles. The van der Waals surface area contributed by atoms with Crippen molar-refractivity contribution in [2.75, 3.05) is 44.0 Å². The number of morpholine rings is 1. The maximum Gasteiger partial charge on any atom is 0.340 e. The fourth-order valence-corrected chi connectivity index (χ4v) is 6.22. The molecular formula is C23H23N3O5S3. The van der Waals surface area contributed by atoms with Gasteiger partial charge in [-0.1, -0.05) is 36.4 Å². The summed E-state index contributed by atoms with van der Waals surface area (Å²) in [4.78, 5) is 13.4. The van der Waals surface area contributed by atoms with Crippen molar-refractivity contribution in [2.45, 2.75) is 4.90 Å². The summed E-state index contributed by atoms with van der Waals surface area (Å²) in [5.74, 6) is -0.484. The molecule has 2 N–H and O–H groups in total. The van der Waals surface area contributed by atoms with Crippen LogP contribution < -0.4 is 10.6 Å². The zero-order chi connectivity index (χ0) is 24.1. The summed E-state index contributed by atoms with van der Waals surface area (Å²) in [6, 6.07) is 17.9. The van der Waals surface area contributed by atoms with Gasteiger partial charge in [0.1, 0.15) is 5.00 Å². The lowest BCUT2D eigenvalue weighted by molar-refractivity contribution is 0.0602. The Labute approximate surface area is 207 Å². The molecule has 1 saturated heterocycles. The molecule has 0 bridgehead atoms. The fourth-order valence-electron chi connectivity index (χ4n) is 3.43. The number of nitrogens with one attached hydrogen (secondary N) is 2. The van der Waals surface area contributed by atoms with E-state index in [1.54, 1.807) is 24.3 Å². The van der Waals surface area contributed by atoms with E-state index in [2.05, 4.69) is 10.6 Å². The number of methoxy groups -OCH3 is 1. The molecule has 0 unspecified atom stereocenters. The summed E-state index contributed by atoms with van der Waals surface area (Å²) in [6.07, 6.45) is 0. The van der Waals surface area contributed by atoms with Gasteiger partial charge in [-0.15, -0.1) is 11.3 Å². The van der Waals surface area contributed by atoms with E-state index in [0.29, 0.717) is 42.6 Å². The molecule has 8 nitrogen and oxygen atoms in total. The average Bonchev–Trinajstić information content (AvgIpc) is 3.28. The summed E-state index contributed by atoms with van der Waals surface area (Å²) >= 11 is 6.81. The number of carbonyl (C=O) groups excluding carboxylic acids is 1. The molecule has 0 spiro atoms. The van der Waals surface area contributed by atoms with Crippen molar-refractivity contribution in [1.29, 1.82) is 0 Å². The van der Waals surface area contributed by atoms with Gasteiger partial charge >= 0.3 is 5.97 Å². The van der Waals surface area contributed by atoms with Crippen LogP contribution in [-0.4, -0.2) is 57.2 Å². The van der Waals surface area contributed by atoms with Crippen molar-refractivity contribution >= 4 is 55.3 Å². The van der Waals surface area contributed by atoms with Crippen LogP contribution in [0.5, 0.6) is 0 Å². The molecule has 1 aliphatic rings. The van der Waals surface area contributed by atoms with Gasteiger partial charge in [-0.25, -0.2) is 13.2 Å². The molecular weight excluding hydrogens is 494 g/mol. The summed E-state index contributed by atoms with van der Waals surface area (Å²) in [6.45, 7) is 1.38. The van der Waals surface area contributed by atoms with Crippen LogP contribution in [0.1, 0.15) is 10.4 Å². The lowest BCUT2D eigenvalue weighted by Gasteiger charge is -2.26. The molecule has 4 rings (SSSR count). The minimum absolute atomic E-state index is 0.167. The quantitative estimate of drug-likeness (QED) is 0.374. The molecule has 0 amide bonds. The number of thiophene rings is 1. The van der Waals surface area contributed by atoms with Crippen LogP contribution >= 0.6 is 23.6 Å². The Kier molecular flexibility index (Phi) is 7.59. The van der Waals surface area contributed by atoms with E-state index in [9.17, 15) is 13.2 Å². The minimum Gasteiger partial charge on any atom is -0.465 e. The third kappa shape index (κ3) is 5.45. The summed E-state index contributed by atoms with van der Waals surface area (Å²) in [5.41, 5.74) is 1.83. The highest BCUT2D eigenvalue weighted by atomic mass is 32.2. The molecule has 11 heteroatoms. The maximum atomic E-state index is 13.0. The van der Waals surface area contributed by atoms with Crippen LogP contribution in [-0.2, 0) is 19.5 Å². The third-order valence-electron chi connectivity index (χ3n) is 5.12. The predicted octanol–water partition coefficient (Wildman–Crippen LogP) is 4.03. The van der Waals surface area contributed by atoms with Crippen molar-refractivity contribution in [3.63, 3.8) is 0 Å². The van der Waals surface area contributed by atoms with Gasteiger partial charge in [-0.05, 0) is 42.0 Å². The fraction of sp³-hybridized carbons (Fsp3) is 0.217. The molecule has 0 saturated carbocycles. The number of benzene rings is 2. The van der Waals surface area contributed by atoms with Crippen molar-refractivity contribution in [3.05, 3.63) is 66.2 Å². The van der Waals surface area contributed by atoms with Crippen LogP contribution in [0.3, 0.4) is 0 Å². The molecule has 2 heterocycles. The second-order valence-corrected chi connectivity index (χ2v) is 10.7. The number of hydrogen-bond acceptors (Lipinski definition) is 7. The van der Waals surface area contributed by atoms with E-state index in [-0.39, 0.29) is 10.0 Å². The topological polar surface area (TPSA) is 97.0 Å². The standard InChI is InChI=1S/C23H23N3O5S3/c1-30-22(27)19-15-20(16-6-3-2-4-7-16)33-21(19)25-23(32)24-17-8-5-9-18(14-17)34(28,29)26-10-12-31-13-11-26/h2-9,14-15H,10-13H2,1H3,(H2,24,25,32). The number of sulfonamides is 1. The Morgan fingerprint density at radius 2 is 1.79 bits per heavy atom. The van der Waals surface area contributed by atoms with Crippen molar-refractivity contribution in [1.82, 2.24) is 4.31 Å². The normalized spacial score (nSPS) is 14.4. The van der Waals surface area contributed by atoms with Gasteiger partial charge in [0.2, 0.25) is 10.0 Å². The molecule has 1 aromatic heterocycles. The van der Waals surface area contributed by atoms with Gasteiger partial charge in [0.05, 0.1) is 30.8 Å². The predicted molar refractivity (Wildman–Crippen MR) is 137 cm³/mol. The van der Waals surface area contributed by atoms with Crippen LogP contribution in [0.2, 0.25) is 0 Å². The molecule has 0 atom stereocenters.